The summed E-state index contributed by atoms with van der Waals surface area (Å²) >= 11 is 0.970. The fourth-order valence-electron chi connectivity index (χ4n) is 1.63. The summed E-state index contributed by atoms with van der Waals surface area (Å²) in [5, 5.41) is 16.8. The summed E-state index contributed by atoms with van der Waals surface area (Å²) in [7, 11) is 0. The highest BCUT2D eigenvalue weighted by Crippen LogP contribution is 2.23. The molecule has 0 radical (unpaired) electrons. The smallest absolute Gasteiger partial charge is 0.313 e. The lowest BCUT2D eigenvalue weighted by Crippen LogP contribution is -2.05. The summed E-state index contributed by atoms with van der Waals surface area (Å²) in [5.74, 6) is -2.56. The summed E-state index contributed by atoms with van der Waals surface area (Å²) in [6.07, 6.45) is 0.527. The van der Waals surface area contributed by atoms with Crippen molar-refractivity contribution in [1.82, 2.24) is 14.8 Å². The summed E-state index contributed by atoms with van der Waals surface area (Å²) < 4.78 is 27.8. The molecule has 1 aromatic heterocycles. The van der Waals surface area contributed by atoms with E-state index in [2.05, 4.69) is 10.2 Å². The molecule has 0 amide bonds. The van der Waals surface area contributed by atoms with E-state index in [9.17, 15) is 13.6 Å². The van der Waals surface area contributed by atoms with E-state index in [0.717, 1.165) is 23.9 Å². The molecule has 8 heteroatoms. The van der Waals surface area contributed by atoms with Crippen LogP contribution in [0.15, 0.2) is 23.4 Å². The zero-order valence-electron chi connectivity index (χ0n) is 10.5. The number of aliphatic carboxylic acids is 1. The van der Waals surface area contributed by atoms with Crippen LogP contribution in [-0.4, -0.2) is 31.6 Å². The van der Waals surface area contributed by atoms with Crippen LogP contribution in [0.5, 0.6) is 0 Å². The van der Waals surface area contributed by atoms with Gasteiger partial charge in [0.05, 0.1) is 11.4 Å². The Labute approximate surface area is 117 Å². The lowest BCUT2D eigenvalue weighted by atomic mass is 10.3. The van der Waals surface area contributed by atoms with E-state index in [1.165, 1.54) is 10.6 Å². The van der Waals surface area contributed by atoms with Crippen molar-refractivity contribution >= 4 is 17.7 Å². The van der Waals surface area contributed by atoms with Crippen molar-refractivity contribution in [2.75, 3.05) is 5.75 Å². The van der Waals surface area contributed by atoms with Gasteiger partial charge in [0.15, 0.2) is 16.8 Å². The molecule has 1 heterocycles. The van der Waals surface area contributed by atoms with Gasteiger partial charge in [-0.2, -0.15) is 0 Å². The second-order valence-electron chi connectivity index (χ2n) is 3.87. The minimum atomic E-state index is -0.993. The normalized spacial score (nSPS) is 10.8. The van der Waals surface area contributed by atoms with Gasteiger partial charge in [-0.05, 0) is 12.1 Å². The number of benzene rings is 1. The van der Waals surface area contributed by atoms with Crippen molar-refractivity contribution in [2.45, 2.75) is 18.5 Å². The van der Waals surface area contributed by atoms with Gasteiger partial charge in [0.1, 0.15) is 5.82 Å². The number of carbonyl (C=O) groups is 1. The first-order valence-electron chi connectivity index (χ1n) is 5.77. The van der Waals surface area contributed by atoms with Crippen LogP contribution < -0.4 is 0 Å². The van der Waals surface area contributed by atoms with Crippen molar-refractivity contribution in [2.24, 2.45) is 0 Å². The average molecular weight is 299 g/mol. The molecule has 0 aliphatic rings. The predicted octanol–water partition coefficient (Wildman–Crippen LogP) is 2.28. The third-order valence-electron chi connectivity index (χ3n) is 2.50. The van der Waals surface area contributed by atoms with Gasteiger partial charge in [0, 0.05) is 12.5 Å². The van der Waals surface area contributed by atoms with Crippen LogP contribution >= 0.6 is 11.8 Å². The van der Waals surface area contributed by atoms with Crippen molar-refractivity contribution in [3.63, 3.8) is 0 Å². The van der Waals surface area contributed by atoms with E-state index in [0.29, 0.717) is 23.1 Å². The Kier molecular flexibility index (Phi) is 4.33. The maximum atomic E-state index is 13.3. The Morgan fingerprint density at radius 1 is 1.35 bits per heavy atom. The number of hydrogen-bond donors (Lipinski definition) is 1. The van der Waals surface area contributed by atoms with Gasteiger partial charge in [-0.1, -0.05) is 18.7 Å². The van der Waals surface area contributed by atoms with Crippen LogP contribution in [0, 0.1) is 11.6 Å². The number of nitrogens with zero attached hydrogens (tertiary/aromatic N) is 3. The van der Waals surface area contributed by atoms with E-state index in [1.54, 1.807) is 0 Å². The van der Waals surface area contributed by atoms with E-state index in [4.69, 9.17) is 5.11 Å². The number of halogens is 2. The molecular weight excluding hydrogens is 288 g/mol. The number of aryl methyl sites for hydroxylation is 1. The highest BCUT2D eigenvalue weighted by atomic mass is 32.2. The van der Waals surface area contributed by atoms with E-state index in [-0.39, 0.29) is 5.75 Å². The molecule has 0 aliphatic carbocycles. The average Bonchev–Trinajstić information content (AvgIpc) is 2.82. The van der Waals surface area contributed by atoms with E-state index >= 15 is 0 Å². The topological polar surface area (TPSA) is 68.0 Å². The standard InChI is InChI=1S/C12H11F2N3O2S/c1-2-10-15-16-12(20-6-11(18)19)17(10)7-3-4-8(13)9(14)5-7/h3-5H,2,6H2,1H3,(H,18,19). The number of carboxylic acid groups (broad SMARTS) is 1. The second-order valence-corrected chi connectivity index (χ2v) is 4.81. The lowest BCUT2D eigenvalue weighted by molar-refractivity contribution is -0.133. The second kappa shape index (κ2) is 6.00. The van der Waals surface area contributed by atoms with Gasteiger partial charge >= 0.3 is 5.97 Å². The summed E-state index contributed by atoms with van der Waals surface area (Å²) in [4.78, 5) is 10.6. The molecule has 0 saturated carbocycles. The summed E-state index contributed by atoms with van der Waals surface area (Å²) in [6.45, 7) is 1.84. The summed E-state index contributed by atoms with van der Waals surface area (Å²) in [6, 6.07) is 3.43. The minimum Gasteiger partial charge on any atom is -0.481 e. The largest absolute Gasteiger partial charge is 0.481 e. The molecule has 20 heavy (non-hydrogen) atoms. The zero-order chi connectivity index (χ0) is 14.7. The quantitative estimate of drug-likeness (QED) is 0.858. The monoisotopic (exact) mass is 299 g/mol. The van der Waals surface area contributed by atoms with Gasteiger partial charge in [-0.25, -0.2) is 8.78 Å². The zero-order valence-corrected chi connectivity index (χ0v) is 11.3. The Hall–Kier alpha value is -1.96. The minimum absolute atomic E-state index is 0.189. The molecule has 2 aromatic rings. The number of thioether (sulfide) groups is 1. The number of rotatable bonds is 5. The summed E-state index contributed by atoms with van der Waals surface area (Å²) in [5.41, 5.74) is 0.360. The molecule has 0 atom stereocenters. The lowest BCUT2D eigenvalue weighted by Gasteiger charge is -2.09. The van der Waals surface area contributed by atoms with Crippen molar-refractivity contribution in [3.05, 3.63) is 35.7 Å². The molecule has 0 bridgehead atoms. The van der Waals surface area contributed by atoms with Crippen LogP contribution in [0.2, 0.25) is 0 Å². The predicted molar refractivity (Wildman–Crippen MR) is 69.0 cm³/mol. The molecule has 0 spiro atoms. The van der Waals surface area contributed by atoms with Crippen molar-refractivity contribution < 1.29 is 18.7 Å². The molecule has 0 saturated heterocycles. The third kappa shape index (κ3) is 2.96. The highest BCUT2D eigenvalue weighted by Gasteiger charge is 2.15. The van der Waals surface area contributed by atoms with Gasteiger partial charge in [-0.3, -0.25) is 9.36 Å². The van der Waals surface area contributed by atoms with Crippen molar-refractivity contribution in [1.29, 1.82) is 0 Å². The fraction of sp³-hybridized carbons (Fsp3) is 0.250. The van der Waals surface area contributed by atoms with Crippen LogP contribution in [0.3, 0.4) is 0 Å². The van der Waals surface area contributed by atoms with Crippen LogP contribution in [-0.2, 0) is 11.2 Å². The van der Waals surface area contributed by atoms with E-state index < -0.39 is 17.6 Å². The first-order valence-corrected chi connectivity index (χ1v) is 6.75. The number of carboxylic acids is 1. The third-order valence-corrected chi connectivity index (χ3v) is 3.42. The van der Waals surface area contributed by atoms with Gasteiger partial charge < -0.3 is 5.11 Å². The molecule has 106 valence electrons. The fourth-order valence-corrected chi connectivity index (χ4v) is 2.32. The molecule has 2 rings (SSSR count). The van der Waals surface area contributed by atoms with Crippen LogP contribution in [0.25, 0.3) is 5.69 Å². The molecule has 1 N–H and O–H groups in total. The van der Waals surface area contributed by atoms with Gasteiger partial charge in [0.2, 0.25) is 0 Å². The van der Waals surface area contributed by atoms with Crippen molar-refractivity contribution in [3.8, 4) is 5.69 Å². The van der Waals surface area contributed by atoms with Gasteiger partial charge in [-0.15, -0.1) is 10.2 Å². The maximum absolute atomic E-state index is 13.3. The Balaban J connectivity index is 2.44. The number of aromatic nitrogens is 3. The van der Waals surface area contributed by atoms with Crippen LogP contribution in [0.1, 0.15) is 12.7 Å². The Morgan fingerprint density at radius 2 is 2.10 bits per heavy atom. The molecule has 0 unspecified atom stereocenters. The molecule has 0 aliphatic heterocycles. The number of hydrogen-bond acceptors (Lipinski definition) is 4. The molecular formula is C12H11F2N3O2S. The molecule has 5 nitrogen and oxygen atoms in total. The molecule has 0 fully saturated rings. The van der Waals surface area contributed by atoms with Crippen LogP contribution in [0.4, 0.5) is 8.78 Å². The first-order chi connectivity index (χ1) is 9.52. The Morgan fingerprint density at radius 3 is 2.70 bits per heavy atom. The van der Waals surface area contributed by atoms with E-state index in [1.807, 2.05) is 6.92 Å². The Bertz CT molecular complexity index is 646. The first kappa shape index (κ1) is 14.4. The van der Waals surface area contributed by atoms with Gasteiger partial charge in [0.25, 0.3) is 0 Å². The maximum Gasteiger partial charge on any atom is 0.313 e. The SMILES string of the molecule is CCc1nnc(SCC(=O)O)n1-c1ccc(F)c(F)c1. The molecule has 1 aromatic carbocycles. The highest BCUT2D eigenvalue weighted by molar-refractivity contribution is 7.99.